The molecule has 15 N–H and O–H groups in total. The summed E-state index contributed by atoms with van der Waals surface area (Å²) in [5.41, 5.74) is 10.9. The number of carbonyl (C=O) groups is 9. The van der Waals surface area contributed by atoms with Gasteiger partial charge in [0.25, 0.3) is 0 Å². The Morgan fingerprint density at radius 2 is 1.25 bits per heavy atom. The van der Waals surface area contributed by atoms with Crippen LogP contribution in [0.2, 0.25) is 0 Å². The number of H-pyrrole nitrogens is 1. The number of carboxylic acids is 1. The van der Waals surface area contributed by atoms with Gasteiger partial charge in [0.15, 0.2) is 0 Å². The van der Waals surface area contributed by atoms with Crippen LogP contribution >= 0.6 is 0 Å². The zero-order valence-corrected chi connectivity index (χ0v) is 31.9. The molecule has 0 aliphatic carbocycles. The Kier molecular flexibility index (Phi) is 20.7. The number of primary amides is 1. The predicted octanol–water partition coefficient (Wildman–Crippen LogP) is -5.64. The number of nitrogens with one attached hydrogen (secondary N) is 8. The Balaban J connectivity index is 3.11. The number of rotatable bonds is 25. The van der Waals surface area contributed by atoms with Crippen molar-refractivity contribution in [1.82, 2.24) is 47.2 Å². The third-order valence-corrected chi connectivity index (χ3v) is 8.35. The monoisotopic (exact) mass is 797 g/mol. The summed E-state index contributed by atoms with van der Waals surface area (Å²) < 4.78 is 0. The maximum atomic E-state index is 13.6. The molecular weight excluding hydrogens is 742 g/mol. The van der Waals surface area contributed by atoms with Crippen molar-refractivity contribution in [3.8, 4) is 0 Å². The number of aromatic nitrogens is 2. The van der Waals surface area contributed by atoms with Crippen LogP contribution in [0, 0.1) is 11.8 Å². The fourth-order valence-electron chi connectivity index (χ4n) is 5.01. The van der Waals surface area contributed by atoms with Gasteiger partial charge in [-0.1, -0.05) is 34.1 Å². The minimum absolute atomic E-state index is 0.0623. The van der Waals surface area contributed by atoms with Gasteiger partial charge in [0.1, 0.15) is 42.3 Å². The van der Waals surface area contributed by atoms with E-state index in [0.717, 1.165) is 0 Å². The highest BCUT2D eigenvalue weighted by atomic mass is 16.4. The number of aliphatic hydroxyl groups excluding tert-OH is 2. The lowest BCUT2D eigenvalue weighted by Crippen LogP contribution is -2.61. The summed E-state index contributed by atoms with van der Waals surface area (Å²) in [4.78, 5) is 121. The van der Waals surface area contributed by atoms with E-state index < -0.39 is 128 Å². The van der Waals surface area contributed by atoms with E-state index >= 15 is 0 Å². The quantitative estimate of drug-likeness (QED) is 0.0439. The van der Waals surface area contributed by atoms with Crippen LogP contribution < -0.4 is 48.7 Å². The van der Waals surface area contributed by atoms with Crippen LogP contribution in [0.25, 0.3) is 0 Å². The molecule has 0 bridgehead atoms. The third-order valence-electron chi connectivity index (χ3n) is 8.35. The van der Waals surface area contributed by atoms with Crippen LogP contribution in [-0.4, -0.2) is 141 Å². The van der Waals surface area contributed by atoms with Crippen LogP contribution in [0.3, 0.4) is 0 Å². The number of aliphatic hydroxyl groups is 2. The Morgan fingerprint density at radius 1 is 0.714 bits per heavy atom. The molecule has 56 heavy (non-hydrogen) atoms. The van der Waals surface area contributed by atoms with E-state index in [1.807, 2.05) is 0 Å². The number of hydrogen-bond acceptors (Lipinski definition) is 13. The topological polar surface area (TPSA) is 379 Å². The first-order valence-corrected chi connectivity index (χ1v) is 17.8. The van der Waals surface area contributed by atoms with Gasteiger partial charge in [-0.05, 0) is 25.2 Å². The fourth-order valence-corrected chi connectivity index (χ4v) is 5.01. The summed E-state index contributed by atoms with van der Waals surface area (Å²) in [6, 6.07) is -10.1. The molecule has 1 heterocycles. The maximum absolute atomic E-state index is 13.6. The average Bonchev–Trinajstić information content (AvgIpc) is 3.65. The highest BCUT2D eigenvalue weighted by Gasteiger charge is 2.35. The molecule has 314 valence electrons. The van der Waals surface area contributed by atoms with E-state index in [4.69, 9.17) is 11.5 Å². The summed E-state index contributed by atoms with van der Waals surface area (Å²) in [5, 5.41) is 45.2. The molecular formula is C33H55N11O12. The van der Waals surface area contributed by atoms with Crippen molar-refractivity contribution in [3.05, 3.63) is 18.2 Å². The highest BCUT2D eigenvalue weighted by Crippen LogP contribution is 2.11. The number of nitrogens with two attached hydrogens (primary N) is 2. The normalized spacial score (nSPS) is 15.3. The van der Waals surface area contributed by atoms with Gasteiger partial charge in [-0.3, -0.25) is 38.4 Å². The summed E-state index contributed by atoms with van der Waals surface area (Å²) in [6.07, 6.45) is 2.30. The van der Waals surface area contributed by atoms with Gasteiger partial charge in [-0.2, -0.15) is 0 Å². The van der Waals surface area contributed by atoms with Crippen molar-refractivity contribution in [2.75, 3.05) is 19.8 Å². The number of nitrogens with zero attached hydrogens (tertiary/aromatic N) is 1. The Bertz CT molecular complexity index is 1520. The SMILES string of the molecule is CC[C@H](C)[C@H](NC(=O)[C@H](CO)NC(=O)[C@H](C)NC(=O)[C@H](CC(C)C)NC(=O)[C@H](CC(N)=O)NC(=O)CN)C(=O)N[C@@H](Cc1cnc[nH]1)C(=O)N[C@@H](CO)C(=O)O. The number of amides is 8. The molecule has 8 atom stereocenters. The molecule has 0 fully saturated rings. The van der Waals surface area contributed by atoms with Crippen molar-refractivity contribution in [1.29, 1.82) is 0 Å². The lowest BCUT2D eigenvalue weighted by atomic mass is 9.97. The molecule has 23 heteroatoms. The van der Waals surface area contributed by atoms with Crippen molar-refractivity contribution >= 4 is 53.2 Å². The second-order valence-electron chi connectivity index (χ2n) is 13.5. The molecule has 0 spiro atoms. The van der Waals surface area contributed by atoms with E-state index in [9.17, 15) is 58.5 Å². The maximum Gasteiger partial charge on any atom is 0.328 e. The van der Waals surface area contributed by atoms with Gasteiger partial charge < -0.3 is 69.0 Å². The molecule has 1 rings (SSSR count). The molecule has 0 aromatic carbocycles. The molecule has 0 aliphatic rings. The minimum atomic E-state index is -1.67. The lowest BCUT2D eigenvalue weighted by Gasteiger charge is -2.28. The Morgan fingerprint density at radius 3 is 1.75 bits per heavy atom. The van der Waals surface area contributed by atoms with Gasteiger partial charge in [-0.25, -0.2) is 9.78 Å². The van der Waals surface area contributed by atoms with E-state index in [1.54, 1.807) is 27.7 Å². The zero-order valence-electron chi connectivity index (χ0n) is 31.9. The van der Waals surface area contributed by atoms with Gasteiger partial charge in [0.2, 0.25) is 47.3 Å². The van der Waals surface area contributed by atoms with E-state index in [-0.39, 0.29) is 18.8 Å². The average molecular weight is 798 g/mol. The number of hydrogen-bond donors (Lipinski definition) is 13. The first-order chi connectivity index (χ1) is 26.3. The summed E-state index contributed by atoms with van der Waals surface area (Å²) >= 11 is 0. The molecule has 0 saturated heterocycles. The summed E-state index contributed by atoms with van der Waals surface area (Å²) in [5.74, 6) is -9.47. The summed E-state index contributed by atoms with van der Waals surface area (Å²) in [6.45, 7) is 5.71. The van der Waals surface area contributed by atoms with Gasteiger partial charge >= 0.3 is 5.97 Å². The summed E-state index contributed by atoms with van der Waals surface area (Å²) in [7, 11) is 0. The number of aromatic amines is 1. The third kappa shape index (κ3) is 16.4. The van der Waals surface area contributed by atoms with Crippen LogP contribution in [0.15, 0.2) is 12.5 Å². The molecule has 0 unspecified atom stereocenters. The van der Waals surface area contributed by atoms with Crippen molar-refractivity contribution in [3.63, 3.8) is 0 Å². The molecule has 0 aliphatic heterocycles. The number of carbonyl (C=O) groups excluding carboxylic acids is 8. The Hall–Kier alpha value is -5.68. The van der Waals surface area contributed by atoms with E-state index in [1.165, 1.54) is 19.4 Å². The molecule has 1 aromatic rings. The van der Waals surface area contributed by atoms with Crippen molar-refractivity contribution in [2.24, 2.45) is 23.3 Å². The van der Waals surface area contributed by atoms with Crippen LogP contribution in [0.4, 0.5) is 0 Å². The number of carboxylic acid groups (broad SMARTS) is 1. The fraction of sp³-hybridized carbons (Fsp3) is 0.636. The molecule has 8 amide bonds. The van der Waals surface area contributed by atoms with E-state index in [0.29, 0.717) is 12.1 Å². The highest BCUT2D eigenvalue weighted by molar-refractivity contribution is 5.98. The predicted molar refractivity (Wildman–Crippen MR) is 195 cm³/mol. The van der Waals surface area contributed by atoms with Gasteiger partial charge in [0.05, 0.1) is 32.5 Å². The zero-order chi connectivity index (χ0) is 42.7. The van der Waals surface area contributed by atoms with E-state index in [2.05, 4.69) is 47.2 Å². The second-order valence-corrected chi connectivity index (χ2v) is 13.5. The lowest BCUT2D eigenvalue weighted by molar-refractivity contribution is -0.143. The first-order valence-electron chi connectivity index (χ1n) is 17.8. The minimum Gasteiger partial charge on any atom is -0.480 e. The van der Waals surface area contributed by atoms with Crippen LogP contribution in [0.1, 0.15) is 59.6 Å². The molecule has 0 radical (unpaired) electrons. The van der Waals surface area contributed by atoms with Crippen molar-refractivity contribution < 1.29 is 58.5 Å². The number of imidazole rings is 1. The largest absolute Gasteiger partial charge is 0.480 e. The van der Waals surface area contributed by atoms with Gasteiger partial charge in [0, 0.05) is 18.3 Å². The Labute approximate surface area is 322 Å². The smallest absolute Gasteiger partial charge is 0.328 e. The van der Waals surface area contributed by atoms with Crippen LogP contribution in [-0.2, 0) is 49.6 Å². The second kappa shape index (κ2) is 24.0. The van der Waals surface area contributed by atoms with Gasteiger partial charge in [-0.15, -0.1) is 0 Å². The molecule has 1 aromatic heterocycles. The first kappa shape index (κ1) is 48.3. The molecule has 23 nitrogen and oxygen atoms in total. The standard InChI is InChI=1S/C33H55N11O12/c1-6-16(4)26(32(54)41-20(8-18-11-36-14-37-18)29(51)43-23(13-46)33(55)56)44-31(53)22(12-45)42-27(49)17(5)38-28(50)19(7-15(2)3)40-30(52)21(9-24(35)47)39-25(48)10-34/h11,14-17,19-23,26,45-46H,6-10,12-13,34H2,1-5H3,(H2,35,47)(H,36,37)(H,38,50)(H,39,48)(H,40,52)(H,41,54)(H,42,49)(H,43,51)(H,44,53)(H,55,56)/t16-,17-,19-,20-,21-,22-,23-,26-/m0/s1. The molecule has 0 saturated carbocycles. The number of aliphatic carboxylic acids is 1. The van der Waals surface area contributed by atoms with Crippen molar-refractivity contribution in [2.45, 2.75) is 103 Å². The van der Waals surface area contributed by atoms with Crippen LogP contribution in [0.5, 0.6) is 0 Å².